The van der Waals surface area contributed by atoms with Gasteiger partial charge in [0.15, 0.2) is 0 Å². The van der Waals surface area contributed by atoms with Gasteiger partial charge in [-0.15, -0.1) is 0 Å². The van der Waals surface area contributed by atoms with Crippen LogP contribution in [0, 0.1) is 0 Å². The zero-order valence-electron chi connectivity index (χ0n) is 6.42. The van der Waals surface area contributed by atoms with Crippen molar-refractivity contribution in [1.29, 1.82) is 0 Å². The molecular weight excluding hydrogens is 124 g/mol. The van der Waals surface area contributed by atoms with Crippen LogP contribution in [0.5, 0.6) is 0 Å². The van der Waals surface area contributed by atoms with Crippen LogP contribution in [0.2, 0.25) is 0 Å². The molecule has 0 amide bonds. The highest BCUT2D eigenvalue weighted by atomic mass is 15.2. The van der Waals surface area contributed by atoms with Crippen LogP contribution in [0.4, 0.5) is 0 Å². The van der Waals surface area contributed by atoms with Crippen LogP contribution in [0.25, 0.3) is 0 Å². The lowest BCUT2D eigenvalue weighted by Crippen LogP contribution is -2.33. The first-order valence-electron chi connectivity index (χ1n) is 4.37. The predicted molar refractivity (Wildman–Crippen MR) is 41.8 cm³/mol. The van der Waals surface area contributed by atoms with Gasteiger partial charge in [0, 0.05) is 25.2 Å². The van der Waals surface area contributed by atoms with Crippen LogP contribution in [-0.4, -0.2) is 30.1 Å². The molecule has 2 N–H and O–H groups in total. The first kappa shape index (κ1) is 6.62. The van der Waals surface area contributed by atoms with Gasteiger partial charge in [-0.3, -0.25) is 4.90 Å². The molecule has 2 heterocycles. The van der Waals surface area contributed by atoms with E-state index in [4.69, 9.17) is 5.73 Å². The van der Waals surface area contributed by atoms with Gasteiger partial charge in [0.25, 0.3) is 0 Å². The molecule has 2 bridgehead atoms. The number of hydrogen-bond donors (Lipinski definition) is 1. The first-order chi connectivity index (χ1) is 4.92. The predicted octanol–water partition coefficient (Wildman–Crippen LogP) is 0.572. The molecule has 2 aliphatic rings. The topological polar surface area (TPSA) is 29.3 Å². The molecule has 2 heteroatoms. The zero-order valence-corrected chi connectivity index (χ0v) is 6.42. The third-order valence-corrected chi connectivity index (χ3v) is 2.99. The Bertz CT molecular complexity index is 104. The number of fused-ring (bicyclic) bond motifs is 2. The van der Waals surface area contributed by atoms with E-state index in [1.54, 1.807) is 0 Å². The summed E-state index contributed by atoms with van der Waals surface area (Å²) in [5.41, 5.74) is 5.52. The van der Waals surface area contributed by atoms with Crippen molar-refractivity contribution in [2.45, 2.75) is 37.8 Å². The van der Waals surface area contributed by atoms with Crippen molar-refractivity contribution in [2.24, 2.45) is 5.73 Å². The second-order valence-corrected chi connectivity index (χ2v) is 3.49. The Morgan fingerprint density at radius 3 is 2.00 bits per heavy atom. The monoisotopic (exact) mass is 140 g/mol. The van der Waals surface area contributed by atoms with Crippen molar-refractivity contribution in [1.82, 2.24) is 4.90 Å². The molecule has 0 radical (unpaired) electrons. The van der Waals surface area contributed by atoms with E-state index in [1.165, 1.54) is 25.7 Å². The third-order valence-electron chi connectivity index (χ3n) is 2.99. The zero-order chi connectivity index (χ0) is 6.97. The van der Waals surface area contributed by atoms with Gasteiger partial charge in [-0.1, -0.05) is 0 Å². The Hall–Kier alpha value is -0.0800. The molecule has 0 aliphatic carbocycles. The van der Waals surface area contributed by atoms with E-state index in [-0.39, 0.29) is 0 Å². The average Bonchev–Trinajstić information content (AvgIpc) is 2.50. The summed E-state index contributed by atoms with van der Waals surface area (Å²) in [6.07, 6.45) is 5.74. The molecule has 2 nitrogen and oxygen atoms in total. The fraction of sp³-hybridized carbons (Fsp3) is 1.00. The molecule has 0 saturated carbocycles. The lowest BCUT2D eigenvalue weighted by Gasteiger charge is -2.19. The lowest BCUT2D eigenvalue weighted by molar-refractivity contribution is 0.260. The Kier molecular flexibility index (Phi) is 1.66. The third kappa shape index (κ3) is 0.867. The summed E-state index contributed by atoms with van der Waals surface area (Å²) >= 11 is 0. The number of hydrogen-bond acceptors (Lipinski definition) is 2. The van der Waals surface area contributed by atoms with E-state index < -0.39 is 0 Å². The van der Waals surface area contributed by atoms with Crippen LogP contribution < -0.4 is 5.73 Å². The van der Waals surface area contributed by atoms with Crippen molar-refractivity contribution >= 4 is 0 Å². The Morgan fingerprint density at radius 1 is 1.10 bits per heavy atom. The second-order valence-electron chi connectivity index (χ2n) is 3.49. The highest BCUT2D eigenvalue weighted by molar-refractivity contribution is 4.94. The Labute approximate surface area is 62.4 Å². The summed E-state index contributed by atoms with van der Waals surface area (Å²) in [7, 11) is 0. The summed E-state index contributed by atoms with van der Waals surface area (Å²) in [5.74, 6) is 0. The molecule has 0 aromatic carbocycles. The van der Waals surface area contributed by atoms with Crippen LogP contribution in [0.15, 0.2) is 0 Å². The standard InChI is InChI=1S/C8H16N2/c9-5-6-10-7-1-2-8(10)4-3-7/h7-8H,1-6,9H2. The maximum atomic E-state index is 5.52. The summed E-state index contributed by atoms with van der Waals surface area (Å²) in [6.45, 7) is 1.97. The van der Waals surface area contributed by atoms with Gasteiger partial charge in [0.2, 0.25) is 0 Å². The van der Waals surface area contributed by atoms with Crippen LogP contribution in [-0.2, 0) is 0 Å². The fourth-order valence-corrected chi connectivity index (χ4v) is 2.53. The van der Waals surface area contributed by atoms with Crippen LogP contribution >= 0.6 is 0 Å². The summed E-state index contributed by atoms with van der Waals surface area (Å²) < 4.78 is 0. The van der Waals surface area contributed by atoms with Gasteiger partial charge in [-0.05, 0) is 25.7 Å². The Morgan fingerprint density at radius 2 is 1.60 bits per heavy atom. The van der Waals surface area contributed by atoms with Gasteiger partial charge >= 0.3 is 0 Å². The lowest BCUT2D eigenvalue weighted by atomic mass is 10.0. The number of rotatable bonds is 2. The van der Waals surface area contributed by atoms with Crippen molar-refractivity contribution in [3.05, 3.63) is 0 Å². The van der Waals surface area contributed by atoms with Gasteiger partial charge in [0.05, 0.1) is 0 Å². The summed E-state index contributed by atoms with van der Waals surface area (Å²) in [5, 5.41) is 0. The molecule has 2 aliphatic heterocycles. The van der Waals surface area contributed by atoms with Crippen molar-refractivity contribution < 1.29 is 0 Å². The van der Waals surface area contributed by atoms with Gasteiger partial charge in [-0.25, -0.2) is 0 Å². The minimum absolute atomic E-state index is 0.840. The molecule has 0 aromatic rings. The number of nitrogens with zero attached hydrogens (tertiary/aromatic N) is 1. The molecule has 2 fully saturated rings. The van der Waals surface area contributed by atoms with Gasteiger partial charge < -0.3 is 5.73 Å². The van der Waals surface area contributed by atoms with Gasteiger partial charge in [0.1, 0.15) is 0 Å². The van der Waals surface area contributed by atoms with E-state index in [1.807, 2.05) is 0 Å². The van der Waals surface area contributed by atoms with E-state index in [0.717, 1.165) is 25.2 Å². The quantitative estimate of drug-likeness (QED) is 0.607. The normalized spacial score (nSPS) is 39.3. The second kappa shape index (κ2) is 2.51. The molecule has 58 valence electrons. The molecule has 0 unspecified atom stereocenters. The minimum atomic E-state index is 0.840. The SMILES string of the molecule is NCCN1C2CCC1CC2. The molecule has 10 heavy (non-hydrogen) atoms. The highest BCUT2D eigenvalue weighted by Gasteiger charge is 2.38. The molecule has 0 spiro atoms. The maximum absolute atomic E-state index is 5.52. The molecule has 2 saturated heterocycles. The Balaban J connectivity index is 1.96. The van der Waals surface area contributed by atoms with E-state index >= 15 is 0 Å². The molecule has 2 rings (SSSR count). The highest BCUT2D eigenvalue weighted by Crippen LogP contribution is 2.36. The summed E-state index contributed by atoms with van der Waals surface area (Å²) in [6, 6.07) is 1.82. The minimum Gasteiger partial charge on any atom is -0.329 e. The first-order valence-corrected chi connectivity index (χ1v) is 4.37. The maximum Gasteiger partial charge on any atom is 0.0110 e. The fourth-order valence-electron chi connectivity index (χ4n) is 2.53. The van der Waals surface area contributed by atoms with Crippen molar-refractivity contribution in [3.8, 4) is 0 Å². The van der Waals surface area contributed by atoms with Crippen LogP contribution in [0.3, 0.4) is 0 Å². The van der Waals surface area contributed by atoms with E-state index in [0.29, 0.717) is 0 Å². The van der Waals surface area contributed by atoms with Crippen LogP contribution in [0.1, 0.15) is 25.7 Å². The van der Waals surface area contributed by atoms with Gasteiger partial charge in [-0.2, -0.15) is 0 Å². The van der Waals surface area contributed by atoms with Crippen molar-refractivity contribution in [2.75, 3.05) is 13.1 Å². The largest absolute Gasteiger partial charge is 0.329 e. The molecule has 0 atom stereocenters. The smallest absolute Gasteiger partial charge is 0.0110 e. The number of nitrogens with two attached hydrogens (primary N) is 1. The van der Waals surface area contributed by atoms with E-state index in [2.05, 4.69) is 4.90 Å². The molecular formula is C8H16N2. The summed E-state index contributed by atoms with van der Waals surface area (Å²) in [4.78, 5) is 2.61. The average molecular weight is 140 g/mol. The van der Waals surface area contributed by atoms with Crippen molar-refractivity contribution in [3.63, 3.8) is 0 Å². The molecule has 0 aromatic heterocycles. The van der Waals surface area contributed by atoms with E-state index in [9.17, 15) is 0 Å².